The molecule has 4 nitrogen and oxygen atoms in total. The van der Waals surface area contributed by atoms with E-state index in [4.69, 9.17) is 5.73 Å². The van der Waals surface area contributed by atoms with Gasteiger partial charge in [-0.2, -0.15) is 0 Å². The minimum atomic E-state index is 0.435. The predicted molar refractivity (Wildman–Crippen MR) is 72.3 cm³/mol. The number of para-hydroxylation sites is 2. The van der Waals surface area contributed by atoms with Gasteiger partial charge in [0.1, 0.15) is 10.1 Å². The highest BCUT2D eigenvalue weighted by Crippen LogP contribution is 2.29. The zero-order valence-corrected chi connectivity index (χ0v) is 10.3. The Morgan fingerprint density at radius 2 is 1.61 bits per heavy atom. The lowest BCUT2D eigenvalue weighted by Crippen LogP contribution is -1.97. The van der Waals surface area contributed by atoms with E-state index in [1.54, 1.807) is 6.20 Å². The van der Waals surface area contributed by atoms with Gasteiger partial charge in [-0.3, -0.25) is 0 Å². The minimum Gasteiger partial charge on any atom is -0.381 e. The van der Waals surface area contributed by atoms with Crippen molar-refractivity contribution in [2.75, 3.05) is 5.73 Å². The first-order valence-electron chi connectivity index (χ1n) is 5.44. The second-order valence-corrected chi connectivity index (χ2v) is 4.68. The normalized spacial score (nSPS) is 10.7. The van der Waals surface area contributed by atoms with E-state index in [1.807, 2.05) is 42.5 Å². The number of pyridine rings is 1. The quantitative estimate of drug-likeness (QED) is 0.761. The maximum absolute atomic E-state index is 5.91. The number of fused-ring (bicyclic) bond motifs is 1. The number of benzene rings is 1. The van der Waals surface area contributed by atoms with Gasteiger partial charge in [0, 0.05) is 6.20 Å². The Bertz CT molecular complexity index is 685. The highest BCUT2D eigenvalue weighted by atomic mass is 32.2. The zero-order valence-electron chi connectivity index (χ0n) is 9.45. The van der Waals surface area contributed by atoms with E-state index in [0.717, 1.165) is 16.1 Å². The monoisotopic (exact) mass is 254 g/mol. The molecule has 1 aromatic carbocycles. The van der Waals surface area contributed by atoms with E-state index in [-0.39, 0.29) is 0 Å². The summed E-state index contributed by atoms with van der Waals surface area (Å²) in [6, 6.07) is 13.4. The molecule has 0 bridgehead atoms. The SMILES string of the molecule is Nc1nc2ccccc2nc1Sc1ccccn1. The van der Waals surface area contributed by atoms with Crippen LogP contribution in [0, 0.1) is 0 Å². The Morgan fingerprint density at radius 3 is 2.33 bits per heavy atom. The number of nitrogens with zero attached hydrogens (tertiary/aromatic N) is 3. The van der Waals surface area contributed by atoms with Gasteiger partial charge < -0.3 is 5.73 Å². The molecule has 0 amide bonds. The van der Waals surface area contributed by atoms with Gasteiger partial charge in [0.15, 0.2) is 5.82 Å². The Balaban J connectivity index is 2.04. The van der Waals surface area contributed by atoms with Gasteiger partial charge >= 0.3 is 0 Å². The van der Waals surface area contributed by atoms with Crippen molar-refractivity contribution < 1.29 is 0 Å². The average molecular weight is 254 g/mol. The molecule has 0 spiro atoms. The van der Waals surface area contributed by atoms with Crippen LogP contribution in [0.3, 0.4) is 0 Å². The van der Waals surface area contributed by atoms with E-state index >= 15 is 0 Å². The topological polar surface area (TPSA) is 64.7 Å². The van der Waals surface area contributed by atoms with Crippen molar-refractivity contribution in [1.82, 2.24) is 15.0 Å². The fourth-order valence-corrected chi connectivity index (χ4v) is 2.33. The number of anilines is 1. The van der Waals surface area contributed by atoms with Crippen LogP contribution in [-0.2, 0) is 0 Å². The fourth-order valence-electron chi connectivity index (χ4n) is 1.58. The van der Waals surface area contributed by atoms with E-state index in [9.17, 15) is 0 Å². The maximum Gasteiger partial charge on any atom is 0.157 e. The Hall–Kier alpha value is -2.14. The van der Waals surface area contributed by atoms with Crippen molar-refractivity contribution in [1.29, 1.82) is 0 Å². The Kier molecular flexibility index (Phi) is 2.82. The van der Waals surface area contributed by atoms with E-state index < -0.39 is 0 Å². The molecule has 0 aliphatic rings. The lowest BCUT2D eigenvalue weighted by atomic mass is 10.3. The van der Waals surface area contributed by atoms with E-state index in [1.165, 1.54) is 11.8 Å². The molecule has 0 radical (unpaired) electrons. The van der Waals surface area contributed by atoms with Crippen LogP contribution < -0.4 is 5.73 Å². The first-order chi connectivity index (χ1) is 8.83. The molecule has 18 heavy (non-hydrogen) atoms. The molecule has 3 aromatic rings. The largest absolute Gasteiger partial charge is 0.381 e. The summed E-state index contributed by atoms with van der Waals surface area (Å²) in [7, 11) is 0. The summed E-state index contributed by atoms with van der Waals surface area (Å²) < 4.78 is 0. The second-order valence-electron chi connectivity index (χ2n) is 3.67. The molecule has 0 atom stereocenters. The average Bonchev–Trinajstić information content (AvgIpc) is 2.41. The van der Waals surface area contributed by atoms with Crippen molar-refractivity contribution in [3.05, 3.63) is 48.7 Å². The summed E-state index contributed by atoms with van der Waals surface area (Å²) in [4.78, 5) is 13.1. The molecule has 2 aromatic heterocycles. The zero-order chi connectivity index (χ0) is 12.4. The first-order valence-corrected chi connectivity index (χ1v) is 6.26. The molecular weight excluding hydrogens is 244 g/mol. The molecule has 5 heteroatoms. The Labute approximate surface area is 108 Å². The summed E-state index contributed by atoms with van der Waals surface area (Å²) in [5.41, 5.74) is 7.56. The molecule has 0 fully saturated rings. The number of nitrogen functional groups attached to an aromatic ring is 1. The third kappa shape index (κ3) is 2.12. The first kappa shape index (κ1) is 11.0. The van der Waals surface area contributed by atoms with Crippen LogP contribution >= 0.6 is 11.8 Å². The molecule has 2 heterocycles. The summed E-state index contributed by atoms with van der Waals surface area (Å²) >= 11 is 1.42. The summed E-state index contributed by atoms with van der Waals surface area (Å²) in [6.07, 6.45) is 1.74. The molecule has 0 aliphatic heterocycles. The molecule has 3 rings (SSSR count). The van der Waals surface area contributed by atoms with Gasteiger partial charge in [0.2, 0.25) is 0 Å². The van der Waals surface area contributed by atoms with Gasteiger partial charge in [0.05, 0.1) is 11.0 Å². The van der Waals surface area contributed by atoms with E-state index in [2.05, 4.69) is 15.0 Å². The van der Waals surface area contributed by atoms with Gasteiger partial charge in [-0.05, 0) is 36.0 Å². The number of nitrogens with two attached hydrogens (primary N) is 1. The number of rotatable bonds is 2. The van der Waals surface area contributed by atoms with Crippen LogP contribution in [0.1, 0.15) is 0 Å². The van der Waals surface area contributed by atoms with Crippen LogP contribution in [0.15, 0.2) is 58.7 Å². The number of hydrogen-bond donors (Lipinski definition) is 1. The van der Waals surface area contributed by atoms with Gasteiger partial charge in [0.25, 0.3) is 0 Å². The fraction of sp³-hybridized carbons (Fsp3) is 0. The van der Waals surface area contributed by atoms with Crippen LogP contribution in [0.2, 0.25) is 0 Å². The summed E-state index contributed by atoms with van der Waals surface area (Å²) in [5.74, 6) is 0.435. The molecule has 0 unspecified atom stereocenters. The molecule has 0 saturated heterocycles. The van der Waals surface area contributed by atoms with Crippen molar-refractivity contribution in [3.8, 4) is 0 Å². The number of hydrogen-bond acceptors (Lipinski definition) is 5. The highest BCUT2D eigenvalue weighted by Gasteiger charge is 2.07. The molecule has 0 saturated carbocycles. The third-order valence-electron chi connectivity index (χ3n) is 2.40. The van der Waals surface area contributed by atoms with Gasteiger partial charge in [-0.15, -0.1) is 0 Å². The van der Waals surface area contributed by atoms with Crippen LogP contribution in [0.25, 0.3) is 11.0 Å². The van der Waals surface area contributed by atoms with Gasteiger partial charge in [-0.25, -0.2) is 15.0 Å². The molecule has 88 valence electrons. The van der Waals surface area contributed by atoms with Crippen molar-refractivity contribution in [2.45, 2.75) is 10.1 Å². The lowest BCUT2D eigenvalue weighted by molar-refractivity contribution is 1.09. The second kappa shape index (κ2) is 4.62. The smallest absolute Gasteiger partial charge is 0.157 e. The summed E-state index contributed by atoms with van der Waals surface area (Å²) in [6.45, 7) is 0. The van der Waals surface area contributed by atoms with Gasteiger partial charge in [-0.1, -0.05) is 18.2 Å². The van der Waals surface area contributed by atoms with Crippen LogP contribution in [-0.4, -0.2) is 15.0 Å². The molecule has 0 aliphatic carbocycles. The van der Waals surface area contributed by atoms with Crippen LogP contribution in [0.4, 0.5) is 5.82 Å². The standard InChI is InChI=1S/C13H10N4S/c14-12-13(18-11-7-3-4-8-15-11)17-10-6-2-1-5-9(10)16-12/h1-8H,(H2,14,16). The molecular formula is C13H10N4S. The summed E-state index contributed by atoms with van der Waals surface area (Å²) in [5, 5.41) is 1.54. The Morgan fingerprint density at radius 1 is 0.889 bits per heavy atom. The predicted octanol–water partition coefficient (Wildman–Crippen LogP) is 2.76. The van der Waals surface area contributed by atoms with Crippen LogP contribution in [0.5, 0.6) is 0 Å². The highest BCUT2D eigenvalue weighted by molar-refractivity contribution is 7.99. The minimum absolute atomic E-state index is 0.435. The van der Waals surface area contributed by atoms with Crippen molar-refractivity contribution in [2.24, 2.45) is 0 Å². The third-order valence-corrected chi connectivity index (χ3v) is 3.35. The van der Waals surface area contributed by atoms with E-state index in [0.29, 0.717) is 10.8 Å². The van der Waals surface area contributed by atoms with Crippen molar-refractivity contribution >= 4 is 28.6 Å². The number of aromatic nitrogens is 3. The molecule has 2 N–H and O–H groups in total. The lowest BCUT2D eigenvalue weighted by Gasteiger charge is -2.04. The maximum atomic E-state index is 5.91. The van der Waals surface area contributed by atoms with Crippen molar-refractivity contribution in [3.63, 3.8) is 0 Å².